The minimum absolute atomic E-state index is 0.0857. The summed E-state index contributed by atoms with van der Waals surface area (Å²) in [6, 6.07) is 0.142. The summed E-state index contributed by atoms with van der Waals surface area (Å²) in [7, 11) is -3.11. The van der Waals surface area contributed by atoms with Crippen LogP contribution in [0.25, 0.3) is 0 Å². The Kier molecular flexibility index (Phi) is 11.7. The van der Waals surface area contributed by atoms with E-state index in [9.17, 15) is 43.9 Å². The zero-order valence-corrected chi connectivity index (χ0v) is 17.8. The summed E-state index contributed by atoms with van der Waals surface area (Å²) in [5.41, 5.74) is 0. The average molecular weight is 502 g/mol. The molecule has 0 aliphatic rings. The molecule has 0 bridgehead atoms. The molecule has 0 fully saturated rings. The van der Waals surface area contributed by atoms with Gasteiger partial charge in [-0.25, -0.2) is 4.39 Å². The van der Waals surface area contributed by atoms with Crippen LogP contribution in [0.3, 0.4) is 0 Å². The fraction of sp³-hybridized carbons (Fsp3) is 1.00. The van der Waals surface area contributed by atoms with Gasteiger partial charge in [0, 0.05) is 25.9 Å². The summed E-state index contributed by atoms with van der Waals surface area (Å²) in [5.74, 6) is -6.91. The second-order valence-electron chi connectivity index (χ2n) is 5.87. The van der Waals surface area contributed by atoms with Crippen LogP contribution >= 0.6 is 0 Å². The molecular formula is C15H24F10O5Si. The van der Waals surface area contributed by atoms with E-state index in [1.54, 1.807) is 20.8 Å². The van der Waals surface area contributed by atoms with Gasteiger partial charge in [0.05, 0.1) is 6.61 Å². The van der Waals surface area contributed by atoms with Crippen molar-refractivity contribution in [2.75, 3.05) is 26.4 Å². The predicted molar refractivity (Wildman–Crippen MR) is 87.5 cm³/mol. The van der Waals surface area contributed by atoms with Gasteiger partial charge in [0.25, 0.3) is 6.36 Å². The van der Waals surface area contributed by atoms with Gasteiger partial charge in [-0.2, -0.15) is 39.5 Å². The van der Waals surface area contributed by atoms with Crippen molar-refractivity contribution in [2.24, 2.45) is 0 Å². The first-order valence-electron chi connectivity index (χ1n) is 9.09. The lowest BCUT2D eigenvalue weighted by Gasteiger charge is -2.30. The number of hydrogen-bond donors (Lipinski definition) is 0. The van der Waals surface area contributed by atoms with Crippen LogP contribution in [0.5, 0.6) is 0 Å². The van der Waals surface area contributed by atoms with Crippen LogP contribution in [0.2, 0.25) is 6.04 Å². The number of hydrogen-bond acceptors (Lipinski definition) is 5. The molecule has 16 heteroatoms. The summed E-state index contributed by atoms with van der Waals surface area (Å²) in [5, 5.41) is 0. The maximum Gasteiger partial charge on any atom is 0.500 e. The molecule has 188 valence electrons. The van der Waals surface area contributed by atoms with Crippen molar-refractivity contribution < 1.29 is 66.7 Å². The van der Waals surface area contributed by atoms with Crippen LogP contribution in [0.4, 0.5) is 43.9 Å². The molecule has 0 aromatic rings. The maximum atomic E-state index is 13.4. The molecule has 31 heavy (non-hydrogen) atoms. The van der Waals surface area contributed by atoms with Crippen molar-refractivity contribution in [1.29, 1.82) is 0 Å². The van der Waals surface area contributed by atoms with Crippen LogP contribution in [-0.4, -0.2) is 65.9 Å². The molecule has 0 N–H and O–H groups in total. The van der Waals surface area contributed by atoms with Gasteiger partial charge in [0.2, 0.25) is 0 Å². The van der Waals surface area contributed by atoms with Gasteiger partial charge in [0.15, 0.2) is 0 Å². The molecule has 0 aromatic heterocycles. The molecule has 0 spiro atoms. The first-order valence-corrected chi connectivity index (χ1v) is 11.0. The lowest BCUT2D eigenvalue weighted by Crippen LogP contribution is -2.56. The highest BCUT2D eigenvalue weighted by molar-refractivity contribution is 6.60. The monoisotopic (exact) mass is 502 g/mol. The second-order valence-corrected chi connectivity index (χ2v) is 8.60. The highest BCUT2D eigenvalue weighted by Crippen LogP contribution is 2.48. The van der Waals surface area contributed by atoms with Gasteiger partial charge in [0.1, 0.15) is 0 Å². The Hall–Kier alpha value is -0.683. The minimum atomic E-state index is -6.91. The first kappa shape index (κ1) is 30.3. The third-order valence-corrected chi connectivity index (χ3v) is 6.65. The molecule has 0 aliphatic heterocycles. The molecule has 0 heterocycles. The maximum absolute atomic E-state index is 13.4. The van der Waals surface area contributed by atoms with E-state index >= 15 is 0 Å². The van der Waals surface area contributed by atoms with Gasteiger partial charge in [-0.3, -0.25) is 4.74 Å². The quantitative estimate of drug-likeness (QED) is 0.158. The van der Waals surface area contributed by atoms with Crippen LogP contribution in [-0.2, 0) is 22.8 Å². The normalized spacial score (nSPS) is 15.4. The van der Waals surface area contributed by atoms with Gasteiger partial charge in [-0.15, -0.1) is 0 Å². The van der Waals surface area contributed by atoms with Crippen molar-refractivity contribution >= 4 is 8.80 Å². The van der Waals surface area contributed by atoms with E-state index in [-0.39, 0.29) is 38.7 Å². The molecule has 0 saturated heterocycles. The van der Waals surface area contributed by atoms with E-state index < -0.39 is 46.1 Å². The van der Waals surface area contributed by atoms with Crippen molar-refractivity contribution in [1.82, 2.24) is 0 Å². The minimum Gasteiger partial charge on any atom is -0.374 e. The summed E-state index contributed by atoms with van der Waals surface area (Å²) in [6.45, 7) is 4.75. The smallest absolute Gasteiger partial charge is 0.374 e. The Balaban J connectivity index is 4.80. The molecule has 0 aliphatic carbocycles. The first-order chi connectivity index (χ1) is 14.0. The van der Waals surface area contributed by atoms with Crippen LogP contribution in [0.15, 0.2) is 0 Å². The molecule has 0 saturated carbocycles. The van der Waals surface area contributed by atoms with Crippen LogP contribution < -0.4 is 0 Å². The zero-order chi connectivity index (χ0) is 24.6. The standard InChI is InChI=1S/C15H24F10O5Si/c1-4-27-31(28-5-2,29-6-3)10-8-7-9-26-12(17,18)11(16)30-15(24,25)13(19,20)14(21,22)23/h11H,4-10H2,1-3H3. The molecule has 5 nitrogen and oxygen atoms in total. The number of alkyl halides is 10. The number of rotatable bonds is 16. The number of unbranched alkanes of at least 4 members (excludes halogenated alkanes) is 1. The van der Waals surface area contributed by atoms with Crippen LogP contribution in [0.1, 0.15) is 33.6 Å². The summed E-state index contributed by atoms with van der Waals surface area (Å²) in [4.78, 5) is 0. The Morgan fingerprint density at radius 2 is 1.19 bits per heavy atom. The molecule has 1 unspecified atom stereocenters. The lowest BCUT2D eigenvalue weighted by molar-refractivity contribution is -0.465. The average Bonchev–Trinajstić information content (AvgIpc) is 2.60. The van der Waals surface area contributed by atoms with Gasteiger partial charge < -0.3 is 18.0 Å². The van der Waals surface area contributed by atoms with E-state index in [0.717, 1.165) is 0 Å². The largest absolute Gasteiger partial charge is 0.500 e. The van der Waals surface area contributed by atoms with Gasteiger partial charge in [-0.1, -0.05) is 0 Å². The third kappa shape index (κ3) is 8.64. The Morgan fingerprint density at radius 3 is 1.58 bits per heavy atom. The Bertz CT molecular complexity index is 504. The SMILES string of the molecule is CCO[Si](CCCCOC(F)(F)C(F)OC(F)(F)C(F)(F)C(F)(F)F)(OCC)OCC. The summed E-state index contributed by atoms with van der Waals surface area (Å²) >= 11 is 0. The second kappa shape index (κ2) is 12.0. The summed E-state index contributed by atoms with van der Waals surface area (Å²) < 4.78 is 150. The van der Waals surface area contributed by atoms with Gasteiger partial charge >= 0.3 is 33.1 Å². The van der Waals surface area contributed by atoms with E-state index in [4.69, 9.17) is 13.3 Å². The molecule has 0 aromatic carbocycles. The number of ether oxygens (including phenoxy) is 2. The fourth-order valence-corrected chi connectivity index (χ4v) is 4.84. The molecular weight excluding hydrogens is 478 g/mol. The lowest BCUT2D eigenvalue weighted by atomic mass is 10.3. The molecule has 0 amide bonds. The van der Waals surface area contributed by atoms with E-state index in [1.165, 1.54) is 0 Å². The molecule has 0 rings (SSSR count). The zero-order valence-electron chi connectivity index (χ0n) is 16.8. The van der Waals surface area contributed by atoms with E-state index in [0.29, 0.717) is 0 Å². The fourth-order valence-electron chi connectivity index (χ4n) is 2.16. The van der Waals surface area contributed by atoms with Crippen molar-refractivity contribution in [3.8, 4) is 0 Å². The van der Waals surface area contributed by atoms with Crippen LogP contribution in [0, 0.1) is 0 Å². The Labute approximate surface area is 173 Å². The molecule has 0 radical (unpaired) electrons. The van der Waals surface area contributed by atoms with Gasteiger partial charge in [-0.05, 0) is 33.6 Å². The third-order valence-electron chi connectivity index (χ3n) is 3.50. The topological polar surface area (TPSA) is 46.2 Å². The number of halogens is 10. The highest BCUT2D eigenvalue weighted by atomic mass is 28.4. The van der Waals surface area contributed by atoms with Crippen molar-refractivity contribution in [3.05, 3.63) is 0 Å². The Morgan fingerprint density at radius 1 is 0.742 bits per heavy atom. The van der Waals surface area contributed by atoms with Crippen molar-refractivity contribution in [2.45, 2.75) is 70.3 Å². The molecule has 1 atom stereocenters. The van der Waals surface area contributed by atoms with E-state index in [2.05, 4.69) is 9.47 Å². The van der Waals surface area contributed by atoms with Crippen molar-refractivity contribution in [3.63, 3.8) is 0 Å². The summed E-state index contributed by atoms with van der Waals surface area (Å²) in [6.07, 6.45) is -23.4. The van der Waals surface area contributed by atoms with E-state index in [1.807, 2.05) is 0 Å². The highest BCUT2D eigenvalue weighted by Gasteiger charge is 2.76. The predicted octanol–water partition coefficient (Wildman–Crippen LogP) is 5.53.